The van der Waals surface area contributed by atoms with Gasteiger partial charge in [0, 0.05) is 30.7 Å². The number of aromatic nitrogens is 5. The minimum atomic E-state index is -4.47. The first kappa shape index (κ1) is 23.0. The van der Waals surface area contributed by atoms with Crippen molar-refractivity contribution in [3.05, 3.63) is 60.3 Å². The number of halogens is 3. The number of hydrogen-bond acceptors (Lipinski definition) is 7. The van der Waals surface area contributed by atoms with Crippen LogP contribution >= 0.6 is 0 Å². The van der Waals surface area contributed by atoms with Gasteiger partial charge in [-0.15, -0.1) is 0 Å². The smallest absolute Gasteiger partial charge is 0.353 e. The lowest BCUT2D eigenvalue weighted by Gasteiger charge is -2.26. The first-order valence-corrected chi connectivity index (χ1v) is 11.4. The molecule has 1 saturated carbocycles. The standard InChI is InChI=1S/C24H25F3N8/c1-14-9-31-23(33-17-4-2-16(28)3-5-17)34-22(14)20-12-30-21-7-6-18(13-35(20)21)32-19-8-15(10-29-11-19)24(25,26)27/h6-13,16-17,32H,2-5,28H2,1H3,(H,31,33,34). The summed E-state index contributed by atoms with van der Waals surface area (Å²) in [5.74, 6) is 0.547. The summed E-state index contributed by atoms with van der Waals surface area (Å²) in [5.41, 5.74) is 9.05. The van der Waals surface area contributed by atoms with E-state index in [9.17, 15) is 13.2 Å². The van der Waals surface area contributed by atoms with Crippen LogP contribution in [0.15, 0.2) is 49.2 Å². The summed E-state index contributed by atoms with van der Waals surface area (Å²) >= 11 is 0. The van der Waals surface area contributed by atoms with Crippen LogP contribution in [-0.2, 0) is 6.18 Å². The molecule has 0 aromatic carbocycles. The third kappa shape index (κ3) is 5.04. The molecule has 4 aromatic rings. The number of aryl methyl sites for hydroxylation is 1. The molecule has 8 nitrogen and oxygen atoms in total. The maximum atomic E-state index is 13.0. The van der Waals surface area contributed by atoms with Gasteiger partial charge in [0.15, 0.2) is 0 Å². The minimum absolute atomic E-state index is 0.234. The van der Waals surface area contributed by atoms with Crippen molar-refractivity contribution >= 4 is 23.0 Å². The molecule has 4 aromatic heterocycles. The predicted molar refractivity (Wildman–Crippen MR) is 127 cm³/mol. The van der Waals surface area contributed by atoms with Gasteiger partial charge in [0.05, 0.1) is 40.7 Å². The highest BCUT2D eigenvalue weighted by molar-refractivity contribution is 5.67. The van der Waals surface area contributed by atoms with Gasteiger partial charge in [-0.3, -0.25) is 9.38 Å². The van der Waals surface area contributed by atoms with E-state index in [4.69, 9.17) is 10.7 Å². The van der Waals surface area contributed by atoms with Crippen LogP contribution in [0.3, 0.4) is 0 Å². The molecule has 182 valence electrons. The number of anilines is 3. The summed E-state index contributed by atoms with van der Waals surface area (Å²) in [5, 5.41) is 6.42. The summed E-state index contributed by atoms with van der Waals surface area (Å²) in [7, 11) is 0. The molecule has 0 atom stereocenters. The number of pyridine rings is 2. The average molecular weight is 483 g/mol. The molecule has 11 heteroatoms. The van der Waals surface area contributed by atoms with Gasteiger partial charge in [-0.2, -0.15) is 13.2 Å². The highest BCUT2D eigenvalue weighted by Crippen LogP contribution is 2.31. The molecule has 1 aliphatic rings. The van der Waals surface area contributed by atoms with Crippen molar-refractivity contribution in [2.75, 3.05) is 10.6 Å². The van der Waals surface area contributed by atoms with Crippen LogP contribution in [0.1, 0.15) is 36.8 Å². The Bertz CT molecular complexity index is 1340. The quantitative estimate of drug-likeness (QED) is 0.370. The van der Waals surface area contributed by atoms with E-state index in [-0.39, 0.29) is 17.8 Å². The molecule has 4 heterocycles. The van der Waals surface area contributed by atoms with Gasteiger partial charge in [0.2, 0.25) is 5.95 Å². The molecule has 4 N–H and O–H groups in total. The van der Waals surface area contributed by atoms with Crippen LogP contribution in [0.25, 0.3) is 17.0 Å². The Kier molecular flexibility index (Phi) is 6.01. The van der Waals surface area contributed by atoms with Gasteiger partial charge < -0.3 is 16.4 Å². The van der Waals surface area contributed by atoms with Gasteiger partial charge in [0.25, 0.3) is 0 Å². The van der Waals surface area contributed by atoms with Crippen LogP contribution in [0.4, 0.5) is 30.5 Å². The fourth-order valence-electron chi connectivity index (χ4n) is 4.28. The molecule has 35 heavy (non-hydrogen) atoms. The summed E-state index contributed by atoms with van der Waals surface area (Å²) in [6, 6.07) is 5.10. The Hall–Kier alpha value is -3.73. The van der Waals surface area contributed by atoms with Gasteiger partial charge >= 0.3 is 6.18 Å². The molecule has 0 saturated heterocycles. The molecule has 0 amide bonds. The van der Waals surface area contributed by atoms with Gasteiger partial charge in [-0.25, -0.2) is 15.0 Å². The van der Waals surface area contributed by atoms with Gasteiger partial charge in [-0.05, 0) is 56.4 Å². The fraction of sp³-hybridized carbons (Fsp3) is 0.333. The molecule has 0 bridgehead atoms. The van der Waals surface area contributed by atoms with E-state index in [1.807, 2.05) is 11.3 Å². The first-order valence-electron chi connectivity index (χ1n) is 11.4. The molecule has 0 unspecified atom stereocenters. The van der Waals surface area contributed by atoms with Crippen molar-refractivity contribution in [1.29, 1.82) is 0 Å². The van der Waals surface area contributed by atoms with E-state index in [2.05, 4.69) is 25.6 Å². The Balaban J connectivity index is 1.43. The number of nitrogens with two attached hydrogens (primary N) is 1. The molecule has 0 spiro atoms. The Morgan fingerprint density at radius 1 is 1.00 bits per heavy atom. The topological polar surface area (TPSA) is 106 Å². The lowest BCUT2D eigenvalue weighted by Crippen LogP contribution is -2.33. The summed E-state index contributed by atoms with van der Waals surface area (Å²) < 4.78 is 41.0. The Labute approximate surface area is 199 Å². The van der Waals surface area contributed by atoms with Crippen LogP contribution in [0.2, 0.25) is 0 Å². The van der Waals surface area contributed by atoms with E-state index in [0.29, 0.717) is 17.3 Å². The van der Waals surface area contributed by atoms with Crippen molar-refractivity contribution < 1.29 is 13.2 Å². The van der Waals surface area contributed by atoms with Crippen molar-refractivity contribution in [2.24, 2.45) is 5.73 Å². The van der Waals surface area contributed by atoms with Crippen molar-refractivity contribution in [1.82, 2.24) is 24.3 Å². The second-order valence-corrected chi connectivity index (χ2v) is 8.86. The van der Waals surface area contributed by atoms with Crippen LogP contribution < -0.4 is 16.4 Å². The summed E-state index contributed by atoms with van der Waals surface area (Å²) in [4.78, 5) is 17.4. The number of alkyl halides is 3. The zero-order valence-corrected chi connectivity index (χ0v) is 19.0. The third-order valence-corrected chi connectivity index (χ3v) is 6.18. The van der Waals surface area contributed by atoms with Gasteiger partial charge in [0.1, 0.15) is 5.65 Å². The SMILES string of the molecule is Cc1cnc(NC2CCC(N)CC2)nc1-c1cnc2ccc(Nc3cncc(C(F)(F)F)c3)cn12. The molecule has 1 aliphatic carbocycles. The number of rotatable bonds is 5. The maximum absolute atomic E-state index is 13.0. The van der Waals surface area contributed by atoms with E-state index in [0.717, 1.165) is 54.9 Å². The third-order valence-electron chi connectivity index (χ3n) is 6.18. The van der Waals surface area contributed by atoms with E-state index >= 15 is 0 Å². The molecular formula is C24H25F3N8. The second kappa shape index (κ2) is 9.14. The number of nitrogens with zero attached hydrogens (tertiary/aromatic N) is 5. The zero-order valence-electron chi connectivity index (χ0n) is 19.0. The van der Waals surface area contributed by atoms with Gasteiger partial charge in [-0.1, -0.05) is 0 Å². The number of fused-ring (bicyclic) bond motifs is 1. The predicted octanol–water partition coefficient (Wildman–Crippen LogP) is 4.94. The monoisotopic (exact) mass is 482 g/mol. The average Bonchev–Trinajstić information content (AvgIpc) is 3.24. The van der Waals surface area contributed by atoms with Crippen LogP contribution in [-0.4, -0.2) is 36.4 Å². The number of imidazole rings is 1. The molecule has 0 radical (unpaired) electrons. The van der Waals surface area contributed by atoms with Crippen LogP contribution in [0, 0.1) is 6.92 Å². The maximum Gasteiger partial charge on any atom is 0.417 e. The number of nitrogens with one attached hydrogen (secondary N) is 2. The summed E-state index contributed by atoms with van der Waals surface area (Å²) in [6.07, 6.45) is 6.85. The largest absolute Gasteiger partial charge is 0.417 e. The first-order chi connectivity index (χ1) is 16.8. The van der Waals surface area contributed by atoms with Crippen molar-refractivity contribution in [3.8, 4) is 11.4 Å². The Morgan fingerprint density at radius 2 is 1.80 bits per heavy atom. The lowest BCUT2D eigenvalue weighted by atomic mass is 9.92. The van der Waals surface area contributed by atoms with Crippen molar-refractivity contribution in [3.63, 3.8) is 0 Å². The Morgan fingerprint density at radius 3 is 2.57 bits per heavy atom. The molecule has 0 aliphatic heterocycles. The van der Waals surface area contributed by atoms with E-state index in [1.54, 1.807) is 30.7 Å². The molecule has 1 fully saturated rings. The van der Waals surface area contributed by atoms with E-state index in [1.165, 1.54) is 6.20 Å². The lowest BCUT2D eigenvalue weighted by molar-refractivity contribution is -0.137. The molecular weight excluding hydrogens is 457 g/mol. The van der Waals surface area contributed by atoms with Crippen molar-refractivity contribution in [2.45, 2.75) is 50.9 Å². The van der Waals surface area contributed by atoms with E-state index < -0.39 is 11.7 Å². The molecule has 5 rings (SSSR count). The fourth-order valence-corrected chi connectivity index (χ4v) is 4.28. The highest BCUT2D eigenvalue weighted by atomic mass is 19.4. The van der Waals surface area contributed by atoms with Crippen LogP contribution in [0.5, 0.6) is 0 Å². The minimum Gasteiger partial charge on any atom is -0.353 e. The number of hydrogen-bond donors (Lipinski definition) is 3. The summed E-state index contributed by atoms with van der Waals surface area (Å²) in [6.45, 7) is 1.93. The zero-order chi connectivity index (χ0) is 24.6. The normalized spacial score (nSPS) is 18.5. The highest BCUT2D eigenvalue weighted by Gasteiger charge is 2.31. The second-order valence-electron chi connectivity index (χ2n) is 8.86.